The quantitative estimate of drug-likeness (QED) is 0.864. The summed E-state index contributed by atoms with van der Waals surface area (Å²) in [6.07, 6.45) is -5.88. The van der Waals surface area contributed by atoms with Crippen LogP contribution in [0.3, 0.4) is 0 Å². The smallest absolute Gasteiger partial charge is 0.321 e. The first-order chi connectivity index (χ1) is 8.68. The van der Waals surface area contributed by atoms with Crippen LogP contribution in [0.15, 0.2) is 24.3 Å². The number of hydrogen-bond donors (Lipinski definition) is 1. The summed E-state index contributed by atoms with van der Waals surface area (Å²) in [5.74, 6) is -7.91. The second kappa shape index (κ2) is 5.22. The lowest BCUT2D eigenvalue weighted by molar-refractivity contribution is -0.267. The highest BCUT2D eigenvalue weighted by atomic mass is 19.4. The molecule has 0 aromatic heterocycles. The van der Waals surface area contributed by atoms with Crippen molar-refractivity contribution in [1.82, 2.24) is 0 Å². The van der Waals surface area contributed by atoms with Crippen molar-refractivity contribution in [2.75, 3.05) is 5.32 Å². The number of nitriles is 1. The second-order valence-corrected chi connectivity index (χ2v) is 3.56. The fraction of sp³-hybridized carbons (Fsp3) is 0.273. The zero-order chi connectivity index (χ0) is 14.7. The number of alkyl halides is 5. The van der Waals surface area contributed by atoms with Crippen LogP contribution in [-0.2, 0) is 11.2 Å². The van der Waals surface area contributed by atoms with Gasteiger partial charge in [-0.05, 0) is 17.7 Å². The zero-order valence-corrected chi connectivity index (χ0v) is 9.26. The average molecular weight is 278 g/mol. The largest absolute Gasteiger partial charge is 0.463 e. The number of benzene rings is 1. The van der Waals surface area contributed by atoms with Crippen LogP contribution < -0.4 is 5.32 Å². The van der Waals surface area contributed by atoms with Crippen molar-refractivity contribution in [3.05, 3.63) is 29.8 Å². The molecule has 102 valence electrons. The number of carbonyl (C=O) groups excluding carboxylic acids is 1. The predicted molar refractivity (Wildman–Crippen MR) is 55.4 cm³/mol. The average Bonchev–Trinajstić information content (AvgIpc) is 2.30. The molecule has 0 unspecified atom stereocenters. The third kappa shape index (κ3) is 3.40. The molecule has 0 saturated carbocycles. The molecule has 1 aromatic carbocycles. The molecule has 1 aromatic rings. The van der Waals surface area contributed by atoms with Gasteiger partial charge in [0.2, 0.25) is 0 Å². The molecule has 0 atom stereocenters. The Morgan fingerprint density at radius 2 is 1.68 bits per heavy atom. The van der Waals surface area contributed by atoms with Crippen molar-refractivity contribution in [1.29, 1.82) is 5.26 Å². The Morgan fingerprint density at radius 3 is 2.11 bits per heavy atom. The molecule has 8 heteroatoms. The van der Waals surface area contributed by atoms with E-state index < -0.39 is 18.0 Å². The van der Waals surface area contributed by atoms with Gasteiger partial charge < -0.3 is 5.32 Å². The van der Waals surface area contributed by atoms with Crippen LogP contribution in [0, 0.1) is 11.3 Å². The molecule has 0 spiro atoms. The van der Waals surface area contributed by atoms with Crippen molar-refractivity contribution in [3.63, 3.8) is 0 Å². The fourth-order valence-corrected chi connectivity index (χ4v) is 1.14. The van der Waals surface area contributed by atoms with Crippen LogP contribution in [-0.4, -0.2) is 18.0 Å². The Morgan fingerprint density at radius 1 is 1.16 bits per heavy atom. The Labute approximate surface area is 104 Å². The van der Waals surface area contributed by atoms with Crippen molar-refractivity contribution in [2.45, 2.75) is 18.5 Å². The van der Waals surface area contributed by atoms with E-state index in [0.29, 0.717) is 5.56 Å². The molecule has 0 fully saturated rings. The number of amides is 1. The molecule has 3 nitrogen and oxygen atoms in total. The lowest BCUT2D eigenvalue weighted by atomic mass is 10.1. The highest BCUT2D eigenvalue weighted by molar-refractivity contribution is 5.96. The van der Waals surface area contributed by atoms with Crippen molar-refractivity contribution in [2.24, 2.45) is 0 Å². The summed E-state index contributed by atoms with van der Waals surface area (Å²) < 4.78 is 61.0. The standard InChI is InChI=1S/C11H7F5N2O/c12-10(13,11(14,15)16)9(19)18-8-3-1-7(2-4-8)5-6-17/h1-4H,5H2,(H,18,19). The van der Waals surface area contributed by atoms with Crippen LogP contribution in [0.4, 0.5) is 27.6 Å². The summed E-state index contributed by atoms with van der Waals surface area (Å²) in [4.78, 5) is 10.9. The molecule has 1 amide bonds. The third-order valence-electron chi connectivity index (χ3n) is 2.14. The molecule has 1 rings (SSSR count). The number of halogens is 5. The summed E-state index contributed by atoms with van der Waals surface area (Å²) >= 11 is 0. The number of nitrogens with one attached hydrogen (secondary N) is 1. The summed E-state index contributed by atoms with van der Waals surface area (Å²) in [6.45, 7) is 0. The summed E-state index contributed by atoms with van der Waals surface area (Å²) in [5, 5.41) is 9.85. The highest BCUT2D eigenvalue weighted by Crippen LogP contribution is 2.36. The van der Waals surface area contributed by atoms with Gasteiger partial charge in [0.15, 0.2) is 0 Å². The van der Waals surface area contributed by atoms with E-state index in [-0.39, 0.29) is 12.1 Å². The molecule has 0 radical (unpaired) electrons. The van der Waals surface area contributed by atoms with Gasteiger partial charge in [-0.3, -0.25) is 4.79 Å². The summed E-state index contributed by atoms with van der Waals surface area (Å²) in [7, 11) is 0. The maximum atomic E-state index is 12.6. The lowest BCUT2D eigenvalue weighted by Crippen LogP contribution is -2.47. The maximum absolute atomic E-state index is 12.6. The van der Waals surface area contributed by atoms with Crippen LogP contribution in [0.2, 0.25) is 0 Å². The van der Waals surface area contributed by atoms with E-state index in [4.69, 9.17) is 5.26 Å². The Bertz CT molecular complexity index is 501. The van der Waals surface area contributed by atoms with Crippen molar-refractivity contribution in [3.8, 4) is 6.07 Å². The molecule has 19 heavy (non-hydrogen) atoms. The maximum Gasteiger partial charge on any atom is 0.463 e. The number of carbonyl (C=O) groups is 1. The van der Waals surface area contributed by atoms with Gasteiger partial charge in [0.05, 0.1) is 12.5 Å². The molecule has 0 aliphatic carbocycles. The minimum Gasteiger partial charge on any atom is -0.321 e. The Balaban J connectivity index is 2.81. The predicted octanol–water partition coefficient (Wildman–Crippen LogP) is 2.89. The van der Waals surface area contributed by atoms with Crippen molar-refractivity contribution < 1.29 is 26.7 Å². The number of anilines is 1. The highest BCUT2D eigenvalue weighted by Gasteiger charge is 2.63. The van der Waals surface area contributed by atoms with E-state index >= 15 is 0 Å². The number of rotatable bonds is 3. The molecular formula is C11H7F5N2O. The van der Waals surface area contributed by atoms with Crippen molar-refractivity contribution >= 4 is 11.6 Å². The van der Waals surface area contributed by atoms with E-state index in [9.17, 15) is 26.7 Å². The SMILES string of the molecule is N#CCc1ccc(NC(=O)C(F)(F)C(F)(F)F)cc1. The molecule has 1 N–H and O–H groups in total. The monoisotopic (exact) mass is 278 g/mol. The van der Waals surface area contributed by atoms with Crippen LogP contribution >= 0.6 is 0 Å². The fourth-order valence-electron chi connectivity index (χ4n) is 1.14. The van der Waals surface area contributed by atoms with E-state index in [0.717, 1.165) is 12.1 Å². The minimum absolute atomic E-state index is 0.0624. The first-order valence-corrected chi connectivity index (χ1v) is 4.90. The molecule has 0 aliphatic rings. The van der Waals surface area contributed by atoms with Crippen LogP contribution in [0.5, 0.6) is 0 Å². The minimum atomic E-state index is -5.95. The van der Waals surface area contributed by atoms with Gasteiger partial charge in [-0.1, -0.05) is 12.1 Å². The summed E-state index contributed by atoms with van der Waals surface area (Å²) in [6, 6.07) is 6.78. The first-order valence-electron chi connectivity index (χ1n) is 4.90. The van der Waals surface area contributed by atoms with Gasteiger partial charge in [0.1, 0.15) is 0 Å². The Hall–Kier alpha value is -2.17. The second-order valence-electron chi connectivity index (χ2n) is 3.56. The van der Waals surface area contributed by atoms with Gasteiger partial charge >= 0.3 is 18.0 Å². The van der Waals surface area contributed by atoms with E-state index in [2.05, 4.69) is 0 Å². The van der Waals surface area contributed by atoms with Crippen LogP contribution in [0.25, 0.3) is 0 Å². The van der Waals surface area contributed by atoms with Gasteiger partial charge in [-0.25, -0.2) is 0 Å². The van der Waals surface area contributed by atoms with Crippen LogP contribution in [0.1, 0.15) is 5.56 Å². The van der Waals surface area contributed by atoms with Gasteiger partial charge in [-0.2, -0.15) is 27.2 Å². The normalized spacial score (nSPS) is 11.8. The Kier molecular flexibility index (Phi) is 4.09. The van der Waals surface area contributed by atoms with E-state index in [1.807, 2.05) is 6.07 Å². The third-order valence-corrected chi connectivity index (χ3v) is 2.14. The molecule has 0 heterocycles. The van der Waals surface area contributed by atoms with Gasteiger partial charge in [-0.15, -0.1) is 0 Å². The van der Waals surface area contributed by atoms with E-state index in [1.54, 1.807) is 0 Å². The molecule has 0 bridgehead atoms. The molecule has 0 saturated heterocycles. The first kappa shape index (κ1) is 14.9. The van der Waals surface area contributed by atoms with Gasteiger partial charge in [0, 0.05) is 5.69 Å². The zero-order valence-electron chi connectivity index (χ0n) is 9.26. The molecule has 0 aliphatic heterocycles. The van der Waals surface area contributed by atoms with E-state index in [1.165, 1.54) is 17.4 Å². The molecular weight excluding hydrogens is 271 g/mol. The lowest BCUT2D eigenvalue weighted by Gasteiger charge is -2.18. The summed E-state index contributed by atoms with van der Waals surface area (Å²) in [5.41, 5.74) is 0.332. The van der Waals surface area contributed by atoms with Gasteiger partial charge in [0.25, 0.3) is 0 Å². The topological polar surface area (TPSA) is 52.9 Å². The number of nitrogens with zero attached hydrogens (tertiary/aromatic N) is 1. The number of hydrogen-bond acceptors (Lipinski definition) is 2.